The van der Waals surface area contributed by atoms with Crippen LogP contribution in [0.15, 0.2) is 4.52 Å². The second kappa shape index (κ2) is 9.53. The standard InChI is InChI=1S/C7H11N2O3PS.C2H7N/c1-4(2)5-8-6(12-9-5)7(11-3)14-13-10;1-2-3/h4,7H,1-3H3;2-3H2,1H3/p+1. The Morgan fingerprint density at radius 1 is 1.59 bits per heavy atom. The summed E-state index contributed by atoms with van der Waals surface area (Å²) in [4.78, 5) is 4.14. The zero-order valence-electron chi connectivity index (χ0n) is 10.5. The first-order valence-corrected chi connectivity index (χ1v) is 7.71. The van der Waals surface area contributed by atoms with Crippen LogP contribution in [-0.2, 0) is 9.30 Å². The van der Waals surface area contributed by atoms with E-state index in [1.807, 2.05) is 20.8 Å². The molecule has 6 nitrogen and oxygen atoms in total. The third-order valence-corrected chi connectivity index (χ3v) is 3.18. The molecule has 0 aromatic carbocycles. The molecule has 0 amide bonds. The minimum Gasteiger partial charge on any atom is -0.358 e. The molecule has 2 N–H and O–H groups in total. The van der Waals surface area contributed by atoms with E-state index >= 15 is 0 Å². The van der Waals surface area contributed by atoms with Crippen LogP contribution < -0.4 is 5.73 Å². The Labute approximate surface area is 107 Å². The molecule has 1 heterocycles. The van der Waals surface area contributed by atoms with Crippen molar-refractivity contribution in [2.45, 2.75) is 32.1 Å². The zero-order chi connectivity index (χ0) is 13.3. The molecular weight excluding hydrogens is 261 g/mol. The molecule has 0 aliphatic carbocycles. The maximum absolute atomic E-state index is 10.4. The average molecular weight is 280 g/mol. The Morgan fingerprint density at radius 2 is 2.18 bits per heavy atom. The molecule has 17 heavy (non-hydrogen) atoms. The van der Waals surface area contributed by atoms with E-state index in [4.69, 9.17) is 15.0 Å². The first kappa shape index (κ1) is 16.5. The number of hydrogen-bond donors (Lipinski definition) is 1. The Bertz CT molecular complexity index is 322. The molecule has 8 heteroatoms. The van der Waals surface area contributed by atoms with Gasteiger partial charge < -0.3 is 15.0 Å². The molecule has 1 rings (SSSR count). The Hall–Kier alpha value is -0.490. The lowest BCUT2D eigenvalue weighted by atomic mass is 10.2. The summed E-state index contributed by atoms with van der Waals surface area (Å²) in [5, 5.41) is 3.79. The number of nitrogens with two attached hydrogens (primary N) is 1. The molecule has 1 aromatic heterocycles. The van der Waals surface area contributed by atoms with E-state index in [0.717, 1.165) is 17.9 Å². The van der Waals surface area contributed by atoms with E-state index in [-0.39, 0.29) is 5.92 Å². The largest absolute Gasteiger partial charge is 0.399 e. The molecule has 0 bridgehead atoms. The quantitative estimate of drug-likeness (QED) is 0.654. The van der Waals surface area contributed by atoms with Crippen molar-refractivity contribution >= 4 is 19.0 Å². The smallest absolute Gasteiger partial charge is 0.358 e. The van der Waals surface area contributed by atoms with Crippen LogP contribution in [-0.4, -0.2) is 23.8 Å². The van der Waals surface area contributed by atoms with Gasteiger partial charge in [-0.3, -0.25) is 0 Å². The molecule has 0 fully saturated rings. The van der Waals surface area contributed by atoms with Gasteiger partial charge in [0.1, 0.15) is 0 Å². The van der Waals surface area contributed by atoms with Crippen LogP contribution in [0.1, 0.15) is 43.8 Å². The molecular formula is C9H19N3O3PS+. The molecule has 0 saturated carbocycles. The van der Waals surface area contributed by atoms with Crippen molar-refractivity contribution in [2.24, 2.45) is 5.73 Å². The normalized spacial score (nSPS) is 12.4. The second-order valence-electron chi connectivity index (χ2n) is 3.32. The van der Waals surface area contributed by atoms with Gasteiger partial charge in [-0.15, -0.1) is 0 Å². The van der Waals surface area contributed by atoms with Crippen LogP contribution in [0.2, 0.25) is 0 Å². The van der Waals surface area contributed by atoms with Crippen molar-refractivity contribution in [3.8, 4) is 0 Å². The third-order valence-electron chi connectivity index (χ3n) is 1.54. The van der Waals surface area contributed by atoms with Gasteiger partial charge in [0, 0.05) is 13.0 Å². The van der Waals surface area contributed by atoms with E-state index in [9.17, 15) is 4.57 Å². The van der Waals surface area contributed by atoms with Gasteiger partial charge in [-0.1, -0.05) is 30.5 Å². The van der Waals surface area contributed by atoms with Crippen LogP contribution in [0, 0.1) is 0 Å². The van der Waals surface area contributed by atoms with Gasteiger partial charge in [0.05, 0.1) is 0 Å². The van der Waals surface area contributed by atoms with Gasteiger partial charge in [-0.25, -0.2) is 0 Å². The van der Waals surface area contributed by atoms with Crippen LogP contribution in [0.4, 0.5) is 0 Å². The highest BCUT2D eigenvalue weighted by molar-refractivity contribution is 8.45. The molecule has 0 saturated heterocycles. The molecule has 0 radical (unpaired) electrons. The minimum absolute atomic E-state index is 0.213. The maximum atomic E-state index is 10.4. The van der Waals surface area contributed by atoms with Crippen LogP contribution >= 0.6 is 19.0 Å². The number of aromatic nitrogens is 2. The molecule has 0 aliphatic heterocycles. The fourth-order valence-electron chi connectivity index (χ4n) is 0.821. The van der Waals surface area contributed by atoms with Gasteiger partial charge in [0.2, 0.25) is 5.44 Å². The highest BCUT2D eigenvalue weighted by atomic mass is 32.7. The predicted octanol–water partition coefficient (Wildman–Crippen LogP) is 2.48. The summed E-state index contributed by atoms with van der Waals surface area (Å²) in [7, 11) is 0.999. The summed E-state index contributed by atoms with van der Waals surface area (Å²) in [5.41, 5.74) is 4.41. The SMILES string of the molecule is CCN.COC(S[PH+]=O)c1nc(C(C)C)no1. The number of hydrogen-bond acceptors (Lipinski definition) is 7. The predicted molar refractivity (Wildman–Crippen MR) is 69.5 cm³/mol. The maximum Gasteiger partial charge on any atom is 0.399 e. The highest BCUT2D eigenvalue weighted by Gasteiger charge is 2.24. The molecule has 2 atom stereocenters. The van der Waals surface area contributed by atoms with Crippen molar-refractivity contribution in [1.29, 1.82) is 0 Å². The lowest BCUT2D eigenvalue weighted by molar-refractivity contribution is 0.143. The Morgan fingerprint density at radius 3 is 2.53 bits per heavy atom. The molecule has 0 spiro atoms. The number of ether oxygens (including phenoxy) is 1. The monoisotopic (exact) mass is 280 g/mol. The molecule has 1 aromatic rings. The topological polar surface area (TPSA) is 91.2 Å². The van der Waals surface area contributed by atoms with Crippen molar-refractivity contribution in [3.63, 3.8) is 0 Å². The van der Waals surface area contributed by atoms with Gasteiger partial charge in [0.25, 0.3) is 5.89 Å². The zero-order valence-corrected chi connectivity index (χ0v) is 12.3. The van der Waals surface area contributed by atoms with Crippen molar-refractivity contribution in [2.75, 3.05) is 13.7 Å². The summed E-state index contributed by atoms with van der Waals surface area (Å²) >= 11 is 1.11. The summed E-state index contributed by atoms with van der Waals surface area (Å²) in [6.45, 7) is 6.60. The number of nitrogens with zero attached hydrogens (tertiary/aromatic N) is 2. The third kappa shape index (κ3) is 6.12. The van der Waals surface area contributed by atoms with E-state index in [1.165, 1.54) is 7.11 Å². The first-order chi connectivity index (χ1) is 8.10. The van der Waals surface area contributed by atoms with E-state index < -0.39 is 13.1 Å². The molecule has 0 aliphatic rings. The highest BCUT2D eigenvalue weighted by Crippen LogP contribution is 2.36. The number of methoxy groups -OCH3 is 1. The fraction of sp³-hybridized carbons (Fsp3) is 0.778. The lowest BCUT2D eigenvalue weighted by Gasteiger charge is -1.99. The Balaban J connectivity index is 0.000000770. The van der Waals surface area contributed by atoms with Gasteiger partial charge in [0.15, 0.2) is 17.2 Å². The lowest BCUT2D eigenvalue weighted by Crippen LogP contribution is -1.96. The summed E-state index contributed by atoms with van der Waals surface area (Å²) in [6.07, 6.45) is 0. The number of rotatable bonds is 5. The van der Waals surface area contributed by atoms with E-state index in [0.29, 0.717) is 11.7 Å². The van der Waals surface area contributed by atoms with Gasteiger partial charge >= 0.3 is 7.66 Å². The fourth-order valence-corrected chi connectivity index (χ4v) is 2.05. The van der Waals surface area contributed by atoms with Crippen LogP contribution in [0.3, 0.4) is 0 Å². The first-order valence-electron chi connectivity index (χ1n) is 5.19. The van der Waals surface area contributed by atoms with E-state index in [2.05, 4.69) is 10.1 Å². The summed E-state index contributed by atoms with van der Waals surface area (Å²) in [5.74, 6) is 1.21. The molecule has 2 unspecified atom stereocenters. The van der Waals surface area contributed by atoms with Crippen molar-refractivity contribution in [1.82, 2.24) is 10.1 Å². The van der Waals surface area contributed by atoms with Crippen LogP contribution in [0.25, 0.3) is 0 Å². The minimum atomic E-state index is -0.512. The second-order valence-corrected chi connectivity index (χ2v) is 5.36. The van der Waals surface area contributed by atoms with Crippen molar-refractivity contribution < 1.29 is 13.8 Å². The van der Waals surface area contributed by atoms with E-state index in [1.54, 1.807) is 0 Å². The van der Waals surface area contributed by atoms with Crippen LogP contribution in [0.5, 0.6) is 0 Å². The Kier molecular flexibility index (Phi) is 9.26. The molecule has 98 valence electrons. The average Bonchev–Trinajstić information content (AvgIpc) is 2.76. The summed E-state index contributed by atoms with van der Waals surface area (Å²) < 4.78 is 20.5. The van der Waals surface area contributed by atoms with Crippen molar-refractivity contribution in [3.05, 3.63) is 11.7 Å². The van der Waals surface area contributed by atoms with Gasteiger partial charge in [-0.05, 0) is 6.54 Å². The summed E-state index contributed by atoms with van der Waals surface area (Å²) in [6, 6.07) is 0. The van der Waals surface area contributed by atoms with Gasteiger partial charge in [-0.2, -0.15) is 4.98 Å².